The van der Waals surface area contributed by atoms with Crippen LogP contribution in [-0.2, 0) is 16.1 Å². The van der Waals surface area contributed by atoms with Gasteiger partial charge in [-0.3, -0.25) is 19.1 Å². The van der Waals surface area contributed by atoms with Gasteiger partial charge in [-0.1, -0.05) is 23.9 Å². The lowest BCUT2D eigenvalue weighted by atomic mass is 10.1. The number of furan rings is 1. The number of hydrogen-bond donors (Lipinski definition) is 1. The van der Waals surface area contributed by atoms with Crippen LogP contribution in [-0.4, -0.2) is 44.5 Å². The summed E-state index contributed by atoms with van der Waals surface area (Å²) >= 11 is 0.970. The Labute approximate surface area is 184 Å². The number of carbonyl (C=O) groups is 2. The Balaban J connectivity index is 1.62. The third kappa shape index (κ3) is 4.22. The number of anilines is 2. The first-order valence-electron chi connectivity index (χ1n) is 9.67. The van der Waals surface area contributed by atoms with Crippen molar-refractivity contribution >= 4 is 35.0 Å². The second-order valence-corrected chi connectivity index (χ2v) is 7.85. The molecule has 8 nitrogen and oxygen atoms in total. The number of thioether (sulfide) groups is 1. The van der Waals surface area contributed by atoms with Gasteiger partial charge in [-0.25, -0.2) is 0 Å². The van der Waals surface area contributed by atoms with E-state index in [0.29, 0.717) is 28.2 Å². The molecule has 1 aliphatic rings. The topological polar surface area (TPSA) is 93.3 Å². The van der Waals surface area contributed by atoms with E-state index in [2.05, 4.69) is 15.5 Å². The Morgan fingerprint density at radius 2 is 2.03 bits per heavy atom. The summed E-state index contributed by atoms with van der Waals surface area (Å²) in [5, 5.41) is 10.9. The number of benzene rings is 1. The van der Waals surface area contributed by atoms with Crippen LogP contribution in [0.3, 0.4) is 0 Å². The lowest BCUT2D eigenvalue weighted by Crippen LogP contribution is -2.50. The minimum atomic E-state index is -4.79. The Bertz CT molecular complexity index is 1130. The van der Waals surface area contributed by atoms with Gasteiger partial charge in [0.25, 0.3) is 0 Å². The molecule has 12 heteroatoms. The highest BCUT2D eigenvalue weighted by atomic mass is 32.2. The number of carbonyl (C=O) groups excluding carboxylic acids is 2. The molecular formula is C20H18F3N5O3S. The minimum absolute atomic E-state index is 0.000456. The highest BCUT2D eigenvalue weighted by molar-refractivity contribution is 7.99. The SMILES string of the molecule is CCn1c(SCC(=O)N2c3ccccc3NC(=O)CC2C(F)(F)F)nnc1-c1ccco1. The van der Waals surface area contributed by atoms with E-state index in [4.69, 9.17) is 4.42 Å². The summed E-state index contributed by atoms with van der Waals surface area (Å²) < 4.78 is 48.5. The van der Waals surface area contributed by atoms with Crippen LogP contribution < -0.4 is 10.2 Å². The van der Waals surface area contributed by atoms with Crippen LogP contribution in [0.2, 0.25) is 0 Å². The molecule has 0 saturated carbocycles. The Morgan fingerprint density at radius 1 is 1.25 bits per heavy atom. The molecule has 0 fully saturated rings. The van der Waals surface area contributed by atoms with Crippen molar-refractivity contribution < 1.29 is 27.2 Å². The molecule has 4 rings (SSSR count). The van der Waals surface area contributed by atoms with Crippen LogP contribution in [0.25, 0.3) is 11.6 Å². The van der Waals surface area contributed by atoms with Gasteiger partial charge < -0.3 is 9.73 Å². The average Bonchev–Trinajstić information content (AvgIpc) is 3.38. The first kappa shape index (κ1) is 21.9. The fourth-order valence-corrected chi connectivity index (χ4v) is 4.32. The van der Waals surface area contributed by atoms with Crippen molar-refractivity contribution in [3.05, 3.63) is 42.7 Å². The Morgan fingerprint density at radius 3 is 2.72 bits per heavy atom. The van der Waals surface area contributed by atoms with Crippen LogP contribution in [0.5, 0.6) is 0 Å². The molecule has 0 bridgehead atoms. The standard InChI is InChI=1S/C20H18F3N5O3S/c1-2-27-18(14-8-5-9-31-14)25-26-19(27)32-11-17(30)28-13-7-4-3-6-12(13)24-16(29)10-15(28)20(21,22)23/h3-9,15H,2,10-11H2,1H3,(H,24,29). The molecule has 2 aromatic heterocycles. The number of nitrogens with zero attached hydrogens (tertiary/aromatic N) is 4. The first-order chi connectivity index (χ1) is 15.3. The number of halogens is 3. The van der Waals surface area contributed by atoms with E-state index in [1.54, 1.807) is 22.8 Å². The largest absolute Gasteiger partial charge is 0.461 e. The maximum absolute atomic E-state index is 13.8. The van der Waals surface area contributed by atoms with E-state index in [9.17, 15) is 22.8 Å². The van der Waals surface area contributed by atoms with Gasteiger partial charge in [0.1, 0.15) is 6.04 Å². The van der Waals surface area contributed by atoms with Gasteiger partial charge >= 0.3 is 6.18 Å². The smallest absolute Gasteiger partial charge is 0.409 e. The molecule has 3 heterocycles. The molecule has 0 spiro atoms. The van der Waals surface area contributed by atoms with Gasteiger partial charge in [0.2, 0.25) is 11.8 Å². The van der Waals surface area contributed by atoms with Gasteiger partial charge in [-0.05, 0) is 31.2 Å². The summed E-state index contributed by atoms with van der Waals surface area (Å²) in [6, 6.07) is 7.06. The van der Waals surface area contributed by atoms with E-state index >= 15 is 0 Å². The van der Waals surface area contributed by atoms with E-state index in [0.717, 1.165) is 11.8 Å². The van der Waals surface area contributed by atoms with Gasteiger partial charge in [-0.2, -0.15) is 13.2 Å². The summed E-state index contributed by atoms with van der Waals surface area (Å²) in [6.07, 6.45) is -4.18. The van der Waals surface area contributed by atoms with Crippen LogP contribution >= 0.6 is 11.8 Å². The maximum atomic E-state index is 13.8. The monoisotopic (exact) mass is 465 g/mol. The number of fused-ring (bicyclic) bond motifs is 1. The fraction of sp³-hybridized carbons (Fsp3) is 0.300. The summed E-state index contributed by atoms with van der Waals surface area (Å²) in [7, 11) is 0. The first-order valence-corrected chi connectivity index (χ1v) is 10.7. The molecule has 0 radical (unpaired) electrons. The molecule has 1 atom stereocenters. The molecule has 1 aromatic carbocycles. The summed E-state index contributed by atoms with van der Waals surface area (Å²) in [5.74, 6) is -0.995. The van der Waals surface area contributed by atoms with E-state index in [1.807, 2.05) is 6.92 Å². The van der Waals surface area contributed by atoms with Crippen molar-refractivity contribution in [1.82, 2.24) is 14.8 Å². The van der Waals surface area contributed by atoms with Crippen molar-refractivity contribution in [2.45, 2.75) is 37.3 Å². The molecule has 1 aliphatic heterocycles. The normalized spacial score (nSPS) is 16.4. The quantitative estimate of drug-likeness (QED) is 0.574. The molecular weight excluding hydrogens is 447 g/mol. The fourth-order valence-electron chi connectivity index (χ4n) is 3.46. The molecule has 168 valence electrons. The van der Waals surface area contributed by atoms with Crippen LogP contribution in [0.4, 0.5) is 24.5 Å². The van der Waals surface area contributed by atoms with E-state index in [1.165, 1.54) is 24.5 Å². The summed E-state index contributed by atoms with van der Waals surface area (Å²) in [6.45, 7) is 2.32. The summed E-state index contributed by atoms with van der Waals surface area (Å²) in [4.78, 5) is 25.8. The zero-order chi connectivity index (χ0) is 22.9. The number of para-hydroxylation sites is 2. The van der Waals surface area contributed by atoms with Crippen molar-refractivity contribution in [3.8, 4) is 11.6 Å². The van der Waals surface area contributed by atoms with Gasteiger partial charge in [0.15, 0.2) is 16.7 Å². The van der Waals surface area contributed by atoms with Crippen LogP contribution in [0, 0.1) is 0 Å². The molecule has 32 heavy (non-hydrogen) atoms. The molecule has 1 unspecified atom stereocenters. The van der Waals surface area contributed by atoms with Crippen molar-refractivity contribution in [3.63, 3.8) is 0 Å². The molecule has 1 N–H and O–H groups in total. The Kier molecular flexibility index (Phi) is 5.96. The highest BCUT2D eigenvalue weighted by Gasteiger charge is 2.49. The molecule has 3 aromatic rings. The lowest BCUT2D eigenvalue weighted by molar-refractivity contribution is -0.157. The Hall–Kier alpha value is -3.28. The molecule has 2 amide bonds. The average molecular weight is 465 g/mol. The number of nitrogens with one attached hydrogen (secondary N) is 1. The number of hydrogen-bond acceptors (Lipinski definition) is 6. The number of alkyl halides is 3. The lowest BCUT2D eigenvalue weighted by Gasteiger charge is -2.31. The number of rotatable bonds is 5. The summed E-state index contributed by atoms with van der Waals surface area (Å²) in [5.41, 5.74) is 0.152. The molecule has 0 aliphatic carbocycles. The van der Waals surface area contributed by atoms with Gasteiger partial charge in [0.05, 0.1) is 29.8 Å². The minimum Gasteiger partial charge on any atom is -0.461 e. The van der Waals surface area contributed by atoms with Crippen LogP contribution in [0.1, 0.15) is 13.3 Å². The maximum Gasteiger partial charge on any atom is 0.409 e. The number of amides is 2. The second kappa shape index (κ2) is 8.69. The third-order valence-electron chi connectivity index (χ3n) is 4.87. The highest BCUT2D eigenvalue weighted by Crippen LogP contribution is 2.38. The van der Waals surface area contributed by atoms with Crippen molar-refractivity contribution in [1.29, 1.82) is 0 Å². The zero-order valence-electron chi connectivity index (χ0n) is 16.8. The zero-order valence-corrected chi connectivity index (χ0v) is 17.6. The van der Waals surface area contributed by atoms with E-state index in [-0.39, 0.29) is 17.1 Å². The van der Waals surface area contributed by atoms with Gasteiger partial charge in [-0.15, -0.1) is 10.2 Å². The second-order valence-electron chi connectivity index (χ2n) is 6.91. The van der Waals surface area contributed by atoms with E-state index < -0.39 is 30.5 Å². The predicted molar refractivity (Wildman–Crippen MR) is 111 cm³/mol. The van der Waals surface area contributed by atoms with Gasteiger partial charge in [0, 0.05) is 6.54 Å². The third-order valence-corrected chi connectivity index (χ3v) is 5.83. The van der Waals surface area contributed by atoms with Crippen LogP contribution in [0.15, 0.2) is 52.2 Å². The predicted octanol–water partition coefficient (Wildman–Crippen LogP) is 3.96. The van der Waals surface area contributed by atoms with Crippen molar-refractivity contribution in [2.24, 2.45) is 0 Å². The van der Waals surface area contributed by atoms with Crippen molar-refractivity contribution in [2.75, 3.05) is 16.0 Å². The molecule has 0 saturated heterocycles. The number of aromatic nitrogens is 3.